The molecule has 0 saturated heterocycles. The quantitative estimate of drug-likeness (QED) is 0.0749. The molecular weight excluding hydrogens is 750 g/mol. The second kappa shape index (κ2) is 17.5. The molecule has 0 bridgehead atoms. The predicted octanol–water partition coefficient (Wildman–Crippen LogP) is 8.73. The molecular formula is C38H31Cl2N9O2S2. The lowest BCUT2D eigenvalue weighted by Crippen LogP contribution is -2.12. The molecule has 0 N–H and O–H groups in total. The van der Waals surface area contributed by atoms with Gasteiger partial charge in [0.2, 0.25) is 0 Å². The van der Waals surface area contributed by atoms with E-state index in [4.69, 9.17) is 27.9 Å². The monoisotopic (exact) mass is 779 g/mol. The third kappa shape index (κ3) is 8.69. The first-order valence-corrected chi connectivity index (χ1v) is 19.4. The van der Waals surface area contributed by atoms with Crippen molar-refractivity contribution >= 4 is 63.5 Å². The van der Waals surface area contributed by atoms with E-state index in [9.17, 15) is 10.1 Å². The molecule has 0 fully saturated rings. The minimum Gasteiger partial charge on any atom is -0.466 e. The number of rotatable bonds is 10. The highest BCUT2D eigenvalue weighted by molar-refractivity contribution is 7.98. The van der Waals surface area contributed by atoms with Crippen molar-refractivity contribution in [3.63, 3.8) is 0 Å². The van der Waals surface area contributed by atoms with E-state index < -0.39 is 0 Å². The molecule has 0 saturated carbocycles. The number of halogens is 2. The number of carbonyl (C=O) groups is 1. The van der Waals surface area contributed by atoms with Crippen LogP contribution in [-0.4, -0.2) is 64.1 Å². The Morgan fingerprint density at radius 2 is 1.34 bits per heavy atom. The number of ether oxygens (including phenoxy) is 1. The molecule has 11 nitrogen and oxygen atoms in total. The summed E-state index contributed by atoms with van der Waals surface area (Å²) in [6.45, 7) is 2.09. The summed E-state index contributed by atoms with van der Waals surface area (Å²) in [5.41, 5.74) is 3.20. The topological polar surface area (TPSA) is 137 Å². The third-order valence-corrected chi connectivity index (χ3v) is 9.67. The van der Waals surface area contributed by atoms with Crippen molar-refractivity contribution < 1.29 is 9.53 Å². The lowest BCUT2D eigenvalue weighted by atomic mass is 10.1. The highest BCUT2D eigenvalue weighted by Gasteiger charge is 2.19. The Hall–Kier alpha value is -5.26. The molecule has 15 heteroatoms. The number of nitriles is 1. The molecule has 4 aromatic heterocycles. The van der Waals surface area contributed by atoms with E-state index in [-0.39, 0.29) is 18.8 Å². The lowest BCUT2D eigenvalue weighted by molar-refractivity contribution is -0.142. The van der Waals surface area contributed by atoms with Gasteiger partial charge in [-0.2, -0.15) is 5.26 Å². The number of carbonyl (C=O) groups excluding carboxylic acids is 1. The van der Waals surface area contributed by atoms with Gasteiger partial charge in [-0.15, -0.1) is 0 Å². The predicted molar refractivity (Wildman–Crippen MR) is 210 cm³/mol. The van der Waals surface area contributed by atoms with Gasteiger partial charge < -0.3 is 4.74 Å². The molecule has 0 aliphatic carbocycles. The summed E-state index contributed by atoms with van der Waals surface area (Å²) < 4.78 is 8.82. The molecule has 3 aromatic carbocycles. The molecule has 0 spiro atoms. The first kappa shape index (κ1) is 37.5. The fourth-order valence-corrected chi connectivity index (χ4v) is 6.46. The zero-order valence-corrected chi connectivity index (χ0v) is 31.9. The number of benzene rings is 3. The van der Waals surface area contributed by atoms with Gasteiger partial charge in [-0.05, 0) is 66.6 Å². The van der Waals surface area contributed by atoms with Gasteiger partial charge in [0.25, 0.3) is 0 Å². The largest absolute Gasteiger partial charge is 0.466 e. The van der Waals surface area contributed by atoms with Crippen molar-refractivity contribution in [3.8, 4) is 40.5 Å². The highest BCUT2D eigenvalue weighted by atomic mass is 35.5. The number of aromatic nitrogens is 8. The number of esters is 1. The van der Waals surface area contributed by atoms with Crippen LogP contribution in [0, 0.1) is 11.3 Å². The highest BCUT2D eigenvalue weighted by Crippen LogP contribution is 2.31. The molecule has 0 aliphatic rings. The standard InChI is InChI=1S/C20H15N5S.C18H16Cl2N4O2S/c1-26-20-22-11-9-18(24-20)25-17(8-10-21)13-23-19(25)16-7-6-14-4-2-3-5-15(14)12-16;1-3-26-16(25)9-12-10-22-17(11-4-5-13(19)14(20)8-11)24(12)15-6-7-21-18(23-15)27-2/h2-7,9,11-13H,8H2,1H3;4-8,10H,3,9H2,1-2H3. The fraction of sp³-hybridized carbons (Fsp3) is 0.158. The molecule has 266 valence electrons. The van der Waals surface area contributed by atoms with E-state index in [0.29, 0.717) is 44.3 Å². The van der Waals surface area contributed by atoms with Crippen LogP contribution in [0.2, 0.25) is 10.0 Å². The Balaban J connectivity index is 0.000000181. The van der Waals surface area contributed by atoms with Gasteiger partial charge in [0, 0.05) is 29.7 Å². The van der Waals surface area contributed by atoms with Crippen LogP contribution in [0.3, 0.4) is 0 Å². The SMILES string of the molecule is CCOC(=O)Cc1cnc(-c2ccc(Cl)c(Cl)c2)n1-c1ccnc(SC)n1.CSc1nccc(-n2c(CC#N)cnc2-c2ccc3ccccc3c2)n1. The molecule has 53 heavy (non-hydrogen) atoms. The number of thioether (sulfide) groups is 2. The minimum atomic E-state index is -0.335. The maximum Gasteiger partial charge on any atom is 0.311 e. The van der Waals surface area contributed by atoms with Gasteiger partial charge in [0.1, 0.15) is 23.3 Å². The van der Waals surface area contributed by atoms with Crippen LogP contribution in [0.4, 0.5) is 0 Å². The summed E-state index contributed by atoms with van der Waals surface area (Å²) in [4.78, 5) is 38.7. The minimum absolute atomic E-state index is 0.0702. The van der Waals surface area contributed by atoms with Crippen LogP contribution in [-0.2, 0) is 22.4 Å². The number of hydrogen-bond donors (Lipinski definition) is 0. The fourth-order valence-electron chi connectivity index (χ4n) is 5.46. The van der Waals surface area contributed by atoms with E-state index in [1.54, 1.807) is 54.5 Å². The van der Waals surface area contributed by atoms with Crippen LogP contribution in [0.25, 0.3) is 45.2 Å². The number of imidazole rings is 2. The summed E-state index contributed by atoms with van der Waals surface area (Å²) in [6, 6.07) is 25.5. The zero-order chi connectivity index (χ0) is 37.3. The van der Waals surface area contributed by atoms with Crippen molar-refractivity contribution in [2.45, 2.75) is 30.1 Å². The van der Waals surface area contributed by atoms with Crippen LogP contribution < -0.4 is 0 Å². The molecule has 7 rings (SSSR count). The maximum atomic E-state index is 12.0. The maximum absolute atomic E-state index is 12.0. The number of nitrogens with zero attached hydrogens (tertiary/aromatic N) is 9. The van der Waals surface area contributed by atoms with E-state index in [1.165, 1.54) is 28.9 Å². The van der Waals surface area contributed by atoms with Gasteiger partial charge in [-0.25, -0.2) is 29.9 Å². The van der Waals surface area contributed by atoms with Gasteiger partial charge in [-0.1, -0.05) is 83.1 Å². The molecule has 7 aromatic rings. The Morgan fingerprint density at radius 1 is 0.755 bits per heavy atom. The first-order chi connectivity index (χ1) is 25.8. The van der Waals surface area contributed by atoms with Crippen molar-refractivity contribution in [1.29, 1.82) is 5.26 Å². The zero-order valence-electron chi connectivity index (χ0n) is 28.8. The third-order valence-electron chi connectivity index (χ3n) is 7.81. The average molecular weight is 781 g/mol. The van der Waals surface area contributed by atoms with Crippen molar-refractivity contribution in [1.82, 2.24) is 39.0 Å². The molecule has 4 heterocycles. The Labute approximate surface area is 324 Å². The van der Waals surface area contributed by atoms with Crippen molar-refractivity contribution in [2.24, 2.45) is 0 Å². The van der Waals surface area contributed by atoms with Crippen LogP contribution in [0.15, 0.2) is 108 Å². The Kier molecular flexibility index (Phi) is 12.4. The van der Waals surface area contributed by atoms with Gasteiger partial charge in [-0.3, -0.25) is 13.9 Å². The summed E-state index contributed by atoms with van der Waals surface area (Å²) in [5.74, 6) is 2.35. The van der Waals surface area contributed by atoms with E-state index in [0.717, 1.165) is 33.8 Å². The normalized spacial score (nSPS) is 10.8. The van der Waals surface area contributed by atoms with Crippen LogP contribution in [0.5, 0.6) is 0 Å². The second-order valence-corrected chi connectivity index (χ2v) is 13.5. The summed E-state index contributed by atoms with van der Waals surface area (Å²) in [5, 5.41) is 13.7. The molecule has 0 atom stereocenters. The average Bonchev–Trinajstić information content (AvgIpc) is 3.80. The molecule has 0 aliphatic heterocycles. The van der Waals surface area contributed by atoms with E-state index in [2.05, 4.69) is 60.2 Å². The number of fused-ring (bicyclic) bond motifs is 1. The van der Waals surface area contributed by atoms with E-state index in [1.807, 2.05) is 47.4 Å². The Bertz CT molecular complexity index is 2450. The molecule has 0 radical (unpaired) electrons. The molecule has 0 amide bonds. The van der Waals surface area contributed by atoms with Crippen LogP contribution >= 0.6 is 46.7 Å². The van der Waals surface area contributed by atoms with Gasteiger partial charge >= 0.3 is 5.97 Å². The van der Waals surface area contributed by atoms with Gasteiger partial charge in [0.05, 0.1) is 53.1 Å². The summed E-state index contributed by atoms with van der Waals surface area (Å²) >= 11 is 15.1. The lowest BCUT2D eigenvalue weighted by Gasteiger charge is -2.12. The van der Waals surface area contributed by atoms with Gasteiger partial charge in [0.15, 0.2) is 10.3 Å². The van der Waals surface area contributed by atoms with Crippen molar-refractivity contribution in [3.05, 3.63) is 119 Å². The smallest absolute Gasteiger partial charge is 0.311 e. The first-order valence-electron chi connectivity index (χ1n) is 16.2. The van der Waals surface area contributed by atoms with Crippen molar-refractivity contribution in [2.75, 3.05) is 19.1 Å². The number of hydrogen-bond acceptors (Lipinski definition) is 11. The van der Waals surface area contributed by atoms with E-state index >= 15 is 0 Å². The van der Waals surface area contributed by atoms with Crippen LogP contribution in [0.1, 0.15) is 18.3 Å². The molecule has 0 unspecified atom stereocenters. The summed E-state index contributed by atoms with van der Waals surface area (Å²) in [6.07, 6.45) is 10.9. The Morgan fingerprint density at radius 3 is 1.94 bits per heavy atom. The second-order valence-electron chi connectivity index (χ2n) is 11.1. The summed E-state index contributed by atoms with van der Waals surface area (Å²) in [7, 11) is 0.